The molecule has 0 amide bonds. The van der Waals surface area contributed by atoms with E-state index in [1.807, 2.05) is 30.3 Å². The fourth-order valence-corrected chi connectivity index (χ4v) is 2.56. The predicted molar refractivity (Wildman–Crippen MR) is 84.0 cm³/mol. The van der Waals surface area contributed by atoms with Crippen molar-refractivity contribution in [2.75, 3.05) is 0 Å². The molecule has 0 spiro atoms. The van der Waals surface area contributed by atoms with Crippen molar-refractivity contribution in [3.05, 3.63) is 35.9 Å². The summed E-state index contributed by atoms with van der Waals surface area (Å²) in [6.07, 6.45) is -1.49. The van der Waals surface area contributed by atoms with E-state index in [-0.39, 0.29) is 6.61 Å². The van der Waals surface area contributed by atoms with Crippen LogP contribution in [0, 0.1) is 0 Å². The van der Waals surface area contributed by atoms with E-state index in [1.54, 1.807) is 20.8 Å². The zero-order valence-electron chi connectivity index (χ0n) is 13.8. The topological polar surface area (TPSA) is 79.2 Å². The number of esters is 1. The van der Waals surface area contributed by atoms with E-state index in [1.165, 1.54) is 4.90 Å². The Balaban J connectivity index is 1.97. The molecule has 1 fully saturated rings. The van der Waals surface area contributed by atoms with Crippen LogP contribution >= 0.6 is 0 Å². The average Bonchev–Trinajstić information content (AvgIpc) is 2.86. The summed E-state index contributed by atoms with van der Waals surface area (Å²) in [5.74, 6) is -0.470. The third-order valence-electron chi connectivity index (χ3n) is 3.61. The minimum Gasteiger partial charge on any atom is -0.460 e. The van der Waals surface area contributed by atoms with Crippen LogP contribution in [0.1, 0.15) is 39.2 Å². The van der Waals surface area contributed by atoms with E-state index < -0.39 is 30.3 Å². The Kier molecular flexibility index (Phi) is 5.75. The molecule has 0 aromatic heterocycles. The van der Waals surface area contributed by atoms with Crippen molar-refractivity contribution in [2.45, 2.75) is 64.5 Å². The smallest absolute Gasteiger partial charge is 0.323 e. The summed E-state index contributed by atoms with van der Waals surface area (Å²) in [5, 5.41) is 20.2. The Morgan fingerprint density at radius 2 is 1.96 bits per heavy atom. The second-order valence-corrected chi connectivity index (χ2v) is 6.67. The molecule has 6 nitrogen and oxygen atoms in total. The van der Waals surface area contributed by atoms with Gasteiger partial charge in [-0.3, -0.25) is 4.79 Å². The predicted octanol–water partition coefficient (Wildman–Crippen LogP) is 1.60. The van der Waals surface area contributed by atoms with Crippen LogP contribution in [0.15, 0.2) is 30.3 Å². The van der Waals surface area contributed by atoms with Crippen LogP contribution in [-0.4, -0.2) is 45.4 Å². The van der Waals surface area contributed by atoms with E-state index >= 15 is 0 Å². The minimum atomic E-state index is -1.36. The van der Waals surface area contributed by atoms with Gasteiger partial charge in [-0.1, -0.05) is 30.3 Å². The molecular weight excluding hydrogens is 298 g/mol. The van der Waals surface area contributed by atoms with Crippen LogP contribution in [0.5, 0.6) is 0 Å². The number of carbonyl (C=O) groups is 1. The molecule has 1 aliphatic rings. The zero-order valence-corrected chi connectivity index (χ0v) is 13.8. The molecule has 2 unspecified atom stereocenters. The summed E-state index contributed by atoms with van der Waals surface area (Å²) in [5.41, 5.74) is 0.290. The number of benzene rings is 1. The van der Waals surface area contributed by atoms with Crippen LogP contribution in [0.4, 0.5) is 0 Å². The highest BCUT2D eigenvalue weighted by Gasteiger charge is 2.43. The van der Waals surface area contributed by atoms with Crippen LogP contribution in [0.25, 0.3) is 0 Å². The molecule has 2 N–H and O–H groups in total. The lowest BCUT2D eigenvalue weighted by molar-refractivity contribution is -0.269. The summed E-state index contributed by atoms with van der Waals surface area (Å²) in [6, 6.07) is 8.65. The molecule has 0 radical (unpaired) electrons. The van der Waals surface area contributed by atoms with E-state index in [2.05, 4.69) is 0 Å². The lowest BCUT2D eigenvalue weighted by Gasteiger charge is -2.34. The number of rotatable bonds is 5. The number of likely N-dealkylation sites (tertiary alicyclic amines) is 1. The molecule has 1 aliphatic heterocycles. The van der Waals surface area contributed by atoms with Crippen molar-refractivity contribution < 1.29 is 24.5 Å². The second-order valence-electron chi connectivity index (χ2n) is 6.67. The summed E-state index contributed by atoms with van der Waals surface area (Å²) >= 11 is 0. The molecule has 3 atom stereocenters. The number of aliphatic hydroxyl groups excluding tert-OH is 2. The van der Waals surface area contributed by atoms with Crippen molar-refractivity contribution in [2.24, 2.45) is 0 Å². The first-order valence-corrected chi connectivity index (χ1v) is 7.80. The number of hydrogen-bond acceptors (Lipinski definition) is 6. The number of carbonyl (C=O) groups excluding carboxylic acids is 1. The zero-order chi connectivity index (χ0) is 17.0. The average molecular weight is 323 g/mol. The van der Waals surface area contributed by atoms with Crippen molar-refractivity contribution in [1.29, 1.82) is 0 Å². The Bertz CT molecular complexity index is 513. The van der Waals surface area contributed by atoms with Crippen LogP contribution in [0.3, 0.4) is 0 Å². The van der Waals surface area contributed by atoms with E-state index in [4.69, 9.17) is 9.47 Å². The standard InChI is InChI=1S/C17H25NO5/c1-17(2,3)23-16(21)18-13(9-10-14(18)19)15(20)22-11-12-7-5-4-6-8-12/h4-8,13-14,16,19,21H,9-11H2,1-3H3/t13-,14?,16?/m0/s1. The van der Waals surface area contributed by atoms with Gasteiger partial charge in [-0.15, -0.1) is 0 Å². The molecule has 2 rings (SSSR count). The van der Waals surface area contributed by atoms with Crippen LogP contribution in [-0.2, 0) is 20.9 Å². The Hall–Kier alpha value is -1.47. The summed E-state index contributed by atoms with van der Waals surface area (Å²) < 4.78 is 10.8. The Labute approximate surface area is 136 Å². The molecule has 1 aromatic rings. The first kappa shape index (κ1) is 17.9. The van der Waals surface area contributed by atoms with Crippen molar-refractivity contribution in [3.8, 4) is 0 Å². The molecule has 1 heterocycles. The van der Waals surface area contributed by atoms with Gasteiger partial charge in [0.1, 0.15) is 18.9 Å². The third-order valence-corrected chi connectivity index (χ3v) is 3.61. The molecule has 1 saturated heterocycles. The SMILES string of the molecule is CC(C)(C)OC(O)N1C(O)CC[C@H]1C(=O)OCc1ccccc1. The Morgan fingerprint density at radius 1 is 1.30 bits per heavy atom. The van der Waals surface area contributed by atoms with Crippen molar-refractivity contribution in [1.82, 2.24) is 4.90 Å². The van der Waals surface area contributed by atoms with Gasteiger partial charge in [0.2, 0.25) is 6.41 Å². The minimum absolute atomic E-state index is 0.163. The molecular formula is C17H25NO5. The first-order chi connectivity index (χ1) is 10.8. The highest BCUT2D eigenvalue weighted by Crippen LogP contribution is 2.27. The van der Waals surface area contributed by atoms with E-state index in [0.717, 1.165) is 5.56 Å². The van der Waals surface area contributed by atoms with E-state index in [0.29, 0.717) is 12.8 Å². The van der Waals surface area contributed by atoms with Gasteiger partial charge in [-0.25, -0.2) is 4.90 Å². The van der Waals surface area contributed by atoms with Gasteiger partial charge in [0, 0.05) is 0 Å². The fourth-order valence-electron chi connectivity index (χ4n) is 2.56. The van der Waals surface area contributed by atoms with Gasteiger partial charge in [-0.2, -0.15) is 0 Å². The molecule has 0 aliphatic carbocycles. The normalized spacial score (nSPS) is 23.7. The molecule has 128 valence electrons. The third kappa shape index (κ3) is 5.00. The number of nitrogens with zero attached hydrogens (tertiary/aromatic N) is 1. The lowest BCUT2D eigenvalue weighted by atomic mass is 10.2. The van der Waals surface area contributed by atoms with Gasteiger partial charge >= 0.3 is 5.97 Å². The maximum absolute atomic E-state index is 12.3. The van der Waals surface area contributed by atoms with Crippen LogP contribution < -0.4 is 0 Å². The largest absolute Gasteiger partial charge is 0.460 e. The van der Waals surface area contributed by atoms with Gasteiger partial charge in [-0.05, 0) is 39.2 Å². The van der Waals surface area contributed by atoms with Gasteiger partial charge in [0.05, 0.1) is 5.60 Å². The number of ether oxygens (including phenoxy) is 2. The first-order valence-electron chi connectivity index (χ1n) is 7.80. The summed E-state index contributed by atoms with van der Waals surface area (Å²) in [7, 11) is 0. The van der Waals surface area contributed by atoms with Crippen LogP contribution in [0.2, 0.25) is 0 Å². The summed E-state index contributed by atoms with van der Waals surface area (Å²) in [6.45, 7) is 5.54. The molecule has 0 saturated carbocycles. The van der Waals surface area contributed by atoms with E-state index in [9.17, 15) is 15.0 Å². The highest BCUT2D eigenvalue weighted by atomic mass is 16.6. The second kappa shape index (κ2) is 7.40. The fraction of sp³-hybridized carbons (Fsp3) is 0.588. The maximum Gasteiger partial charge on any atom is 0.323 e. The Morgan fingerprint density at radius 3 is 2.57 bits per heavy atom. The van der Waals surface area contributed by atoms with Gasteiger partial charge < -0.3 is 19.7 Å². The monoisotopic (exact) mass is 323 g/mol. The van der Waals surface area contributed by atoms with Gasteiger partial charge in [0.25, 0.3) is 0 Å². The van der Waals surface area contributed by atoms with Crippen molar-refractivity contribution in [3.63, 3.8) is 0 Å². The number of aliphatic hydroxyl groups is 2. The lowest BCUT2D eigenvalue weighted by Crippen LogP contribution is -2.51. The number of hydrogen-bond donors (Lipinski definition) is 2. The van der Waals surface area contributed by atoms with Gasteiger partial charge in [0.15, 0.2) is 0 Å². The maximum atomic E-state index is 12.3. The summed E-state index contributed by atoms with van der Waals surface area (Å²) in [4.78, 5) is 13.6. The molecule has 6 heteroatoms. The quantitative estimate of drug-likeness (QED) is 0.633. The highest BCUT2D eigenvalue weighted by molar-refractivity contribution is 5.76. The van der Waals surface area contributed by atoms with Crippen molar-refractivity contribution >= 4 is 5.97 Å². The molecule has 23 heavy (non-hydrogen) atoms. The molecule has 0 bridgehead atoms. The molecule has 1 aromatic carbocycles.